The van der Waals surface area contributed by atoms with Crippen LogP contribution in [0.3, 0.4) is 0 Å². The van der Waals surface area contributed by atoms with Gasteiger partial charge in [-0.05, 0) is 18.7 Å². The summed E-state index contributed by atoms with van der Waals surface area (Å²) >= 11 is 4.45. The van der Waals surface area contributed by atoms with Gasteiger partial charge >= 0.3 is 22.4 Å². The Hall–Kier alpha value is -0.610. The zero-order chi connectivity index (χ0) is 24.8. The summed E-state index contributed by atoms with van der Waals surface area (Å²) in [5, 5.41) is 23.6. The molecular formula is C12H20FN2O13P3S. The number of phosphoric acid groups is 2. The monoisotopic (exact) mass is 544 g/mol. The fourth-order valence-electron chi connectivity index (χ4n) is 2.87. The fraction of sp³-hybridized carbons (Fsp3) is 0.583. The number of aliphatic hydroxyl groups excluding tert-OH is 1. The van der Waals surface area contributed by atoms with E-state index in [0.717, 1.165) is 24.1 Å². The maximum atomic E-state index is 14.0. The van der Waals surface area contributed by atoms with E-state index in [2.05, 4.69) is 32.3 Å². The first-order valence-corrected chi connectivity index (χ1v) is 13.8. The molecule has 2 aliphatic heterocycles. The van der Waals surface area contributed by atoms with Gasteiger partial charge in [-0.3, -0.25) is 4.79 Å². The van der Waals surface area contributed by atoms with Gasteiger partial charge in [0.1, 0.15) is 24.2 Å². The molecule has 1 saturated heterocycles. The van der Waals surface area contributed by atoms with Crippen LogP contribution in [0.15, 0.2) is 24.7 Å². The largest absolute Gasteiger partial charge is 0.488 e. The van der Waals surface area contributed by atoms with Crippen LogP contribution in [-0.2, 0) is 43.6 Å². The number of hydrogen-bond donors (Lipinski definition) is 7. The lowest BCUT2D eigenvalue weighted by Gasteiger charge is -2.37. The van der Waals surface area contributed by atoms with Crippen molar-refractivity contribution in [2.45, 2.75) is 30.5 Å². The highest BCUT2D eigenvalue weighted by Gasteiger charge is 2.63. The lowest BCUT2D eigenvalue weighted by atomic mass is 9.88. The Kier molecular flexibility index (Phi) is 7.95. The number of nitrogens with one attached hydrogen (secondary N) is 1. The van der Waals surface area contributed by atoms with Crippen molar-refractivity contribution in [2.24, 2.45) is 0 Å². The van der Waals surface area contributed by atoms with Crippen LogP contribution < -0.4 is 5.32 Å². The molecule has 2 heterocycles. The Labute approximate surface area is 185 Å². The Morgan fingerprint density at radius 2 is 1.94 bits per heavy atom. The quantitative estimate of drug-likeness (QED) is 0.174. The number of nitrogens with zero attached hydrogens (tertiary/aromatic N) is 1. The molecule has 0 spiro atoms. The summed E-state index contributed by atoms with van der Waals surface area (Å²) in [5.41, 5.74) is -4.64. The Balaban J connectivity index is 2.22. The molecule has 0 aliphatic carbocycles. The number of rotatable bonds is 9. The van der Waals surface area contributed by atoms with E-state index in [0.29, 0.717) is 0 Å². The molecule has 0 bridgehead atoms. The molecule has 6 atom stereocenters. The van der Waals surface area contributed by atoms with Crippen molar-refractivity contribution in [3.05, 3.63) is 24.7 Å². The van der Waals surface area contributed by atoms with Gasteiger partial charge in [0, 0.05) is 12.3 Å². The van der Waals surface area contributed by atoms with E-state index in [-0.39, 0.29) is 5.82 Å². The molecular weight excluding hydrogens is 524 g/mol. The third-order valence-electron chi connectivity index (χ3n) is 4.23. The smallest absolute Gasteiger partial charge is 0.387 e. The number of aliphatic hydroxyl groups is 2. The van der Waals surface area contributed by atoms with Crippen molar-refractivity contribution in [3.63, 3.8) is 0 Å². The molecule has 2 rings (SSSR count). The lowest BCUT2D eigenvalue weighted by Crippen LogP contribution is -2.55. The second-order valence-corrected chi connectivity index (χ2v) is 12.6. The van der Waals surface area contributed by atoms with E-state index in [9.17, 15) is 38.3 Å². The van der Waals surface area contributed by atoms with Crippen molar-refractivity contribution in [2.75, 3.05) is 13.3 Å². The van der Waals surface area contributed by atoms with E-state index in [1.807, 2.05) is 0 Å². The van der Waals surface area contributed by atoms with E-state index in [1.165, 1.54) is 0 Å². The number of carbonyl (C=O) groups is 1. The van der Waals surface area contributed by atoms with Crippen molar-refractivity contribution >= 4 is 40.1 Å². The summed E-state index contributed by atoms with van der Waals surface area (Å²) in [6.07, 6.45) is -1.41. The van der Waals surface area contributed by atoms with Gasteiger partial charge in [0.15, 0.2) is 11.8 Å². The van der Waals surface area contributed by atoms with Crippen LogP contribution in [0.4, 0.5) is 4.39 Å². The van der Waals surface area contributed by atoms with E-state index in [4.69, 9.17) is 19.0 Å². The minimum Gasteiger partial charge on any atom is -0.387 e. The first-order chi connectivity index (χ1) is 14.3. The summed E-state index contributed by atoms with van der Waals surface area (Å²) in [7, 11) is -11.2. The predicted molar refractivity (Wildman–Crippen MR) is 105 cm³/mol. The normalized spacial score (nSPS) is 34.8. The van der Waals surface area contributed by atoms with Crippen LogP contribution in [0.25, 0.3) is 0 Å². The van der Waals surface area contributed by atoms with Crippen molar-refractivity contribution in [1.82, 2.24) is 10.2 Å². The lowest BCUT2D eigenvalue weighted by molar-refractivity contribution is -0.146. The maximum Gasteiger partial charge on any atom is 0.488 e. The Morgan fingerprint density at radius 1 is 1.34 bits per heavy atom. The predicted octanol–water partition coefficient (Wildman–Crippen LogP) is -0.961. The van der Waals surface area contributed by atoms with Gasteiger partial charge in [0.25, 0.3) is 5.91 Å². The van der Waals surface area contributed by atoms with Gasteiger partial charge in [-0.1, -0.05) is 6.58 Å². The zero-order valence-corrected chi connectivity index (χ0v) is 19.5. The van der Waals surface area contributed by atoms with Gasteiger partial charge in [-0.2, -0.15) is 4.31 Å². The molecule has 1 fully saturated rings. The van der Waals surface area contributed by atoms with Gasteiger partial charge < -0.3 is 49.3 Å². The number of halogens is 1. The zero-order valence-electron chi connectivity index (χ0n) is 16.0. The van der Waals surface area contributed by atoms with E-state index < -0.39 is 65.1 Å². The number of alkyl halides is 1. The SMILES string of the molecule is C=C1NC(=O)C=CN1[C@@H]1O[C@](CF)(CO[P@](O)(=S)OP(=O)(O)OP(=O)(O)O)[C@@H](O)[C@@]1(C)O. The van der Waals surface area contributed by atoms with Crippen molar-refractivity contribution in [3.8, 4) is 0 Å². The van der Waals surface area contributed by atoms with E-state index in [1.54, 1.807) is 0 Å². The molecule has 7 N–H and O–H groups in total. The Bertz CT molecular complexity index is 956. The first-order valence-electron chi connectivity index (χ1n) is 8.23. The van der Waals surface area contributed by atoms with Gasteiger partial charge in [0.05, 0.1) is 6.61 Å². The number of ether oxygens (including phenoxy) is 1. The molecule has 0 radical (unpaired) electrons. The van der Waals surface area contributed by atoms with E-state index >= 15 is 0 Å². The van der Waals surface area contributed by atoms with Crippen LogP contribution in [0, 0.1) is 0 Å². The summed E-state index contributed by atoms with van der Waals surface area (Å²) in [6, 6.07) is 0. The average molecular weight is 544 g/mol. The minimum atomic E-state index is -5.62. The number of hydrogen-bond acceptors (Lipinski definition) is 11. The first kappa shape index (κ1) is 27.6. The van der Waals surface area contributed by atoms with Crippen LogP contribution in [0.2, 0.25) is 0 Å². The molecule has 1 amide bonds. The highest BCUT2D eigenvalue weighted by Crippen LogP contribution is 2.66. The third kappa shape index (κ3) is 6.29. The topological polar surface area (TPSA) is 225 Å². The molecule has 20 heteroatoms. The standard InChI is InChI=1S/C12H20FN2O13P3S/c1-7-14-8(16)3-4-15(7)10-11(2,18)9(17)12(5-13,26-10)6-25-31(24,32)28-30(22,23)27-29(19,20)21/h3-4,9-10,17-18H,1,5-6H2,2H3,(H,14,16)(H,22,23)(H,24,32)(H2,19,20,21)/t9-,10+,11+,12+,31-/m0/s1. The fourth-order valence-corrected chi connectivity index (χ4v) is 6.86. The van der Waals surface area contributed by atoms with Gasteiger partial charge in [0.2, 0.25) is 0 Å². The van der Waals surface area contributed by atoms with Crippen LogP contribution >= 0.6 is 22.4 Å². The number of carbonyl (C=O) groups excluding carboxylic acids is 1. The molecule has 0 aromatic heterocycles. The summed E-state index contributed by atoms with van der Waals surface area (Å²) < 4.78 is 54.0. The van der Waals surface area contributed by atoms with Gasteiger partial charge in [-0.25, -0.2) is 17.8 Å². The summed E-state index contributed by atoms with van der Waals surface area (Å²) in [6.45, 7) is -2.92. The van der Waals surface area contributed by atoms with Crippen LogP contribution in [0.5, 0.6) is 0 Å². The molecule has 0 aromatic rings. The van der Waals surface area contributed by atoms with Crippen LogP contribution in [0.1, 0.15) is 6.92 Å². The highest BCUT2D eigenvalue weighted by molar-refractivity contribution is 8.08. The third-order valence-corrected chi connectivity index (χ3v) is 8.93. The molecule has 0 aromatic carbocycles. The molecule has 2 aliphatic rings. The second-order valence-electron chi connectivity index (χ2n) is 6.82. The maximum absolute atomic E-state index is 14.0. The van der Waals surface area contributed by atoms with Crippen LogP contribution in [-0.4, -0.2) is 77.4 Å². The Morgan fingerprint density at radius 3 is 2.44 bits per heavy atom. The van der Waals surface area contributed by atoms with Crippen molar-refractivity contribution in [1.29, 1.82) is 0 Å². The molecule has 1 unspecified atom stereocenters. The molecule has 32 heavy (non-hydrogen) atoms. The van der Waals surface area contributed by atoms with Gasteiger partial charge in [-0.15, -0.1) is 0 Å². The van der Waals surface area contributed by atoms with Crippen molar-refractivity contribution < 1.29 is 66.0 Å². The minimum absolute atomic E-state index is 0.0861. The highest BCUT2D eigenvalue weighted by atomic mass is 32.5. The molecule has 15 nitrogen and oxygen atoms in total. The molecule has 184 valence electrons. The average Bonchev–Trinajstić information content (AvgIpc) is 2.78. The summed E-state index contributed by atoms with van der Waals surface area (Å²) in [5.74, 6) is -0.634. The summed E-state index contributed by atoms with van der Waals surface area (Å²) in [4.78, 5) is 48.8. The second kappa shape index (κ2) is 9.21. The number of amides is 1. The molecule has 0 saturated carbocycles.